The Morgan fingerprint density at radius 2 is 1.75 bits per heavy atom. The lowest BCUT2D eigenvalue weighted by Gasteiger charge is -2.10. The molecule has 2 rings (SSSR count). The average molecular weight is 214 g/mol. The molecule has 1 saturated carbocycles. The second-order valence-electron chi connectivity index (χ2n) is 4.23. The molecule has 1 aliphatic carbocycles. The number of benzene rings is 1. The van der Waals surface area contributed by atoms with E-state index in [0.717, 1.165) is 5.75 Å². The normalized spacial score (nSPS) is 15.4. The molecule has 0 amide bonds. The number of allylic oxidation sites excluding steroid dienone is 1. The van der Waals surface area contributed by atoms with Crippen LogP contribution in [0.2, 0.25) is 0 Å². The molecule has 0 N–H and O–H groups in total. The van der Waals surface area contributed by atoms with Gasteiger partial charge in [0.1, 0.15) is 5.75 Å². The van der Waals surface area contributed by atoms with Crippen LogP contribution in [0.4, 0.5) is 0 Å². The van der Waals surface area contributed by atoms with Crippen LogP contribution in [0.25, 0.3) is 6.08 Å². The van der Waals surface area contributed by atoms with E-state index in [2.05, 4.69) is 23.9 Å². The molecular formula is C15H18O. The third kappa shape index (κ3) is 3.01. The molecule has 1 aliphatic rings. The van der Waals surface area contributed by atoms with E-state index in [9.17, 15) is 0 Å². The molecule has 0 atom stereocenters. The van der Waals surface area contributed by atoms with E-state index >= 15 is 0 Å². The Balaban J connectivity index is 2.09. The van der Waals surface area contributed by atoms with Gasteiger partial charge in [-0.15, -0.1) is 5.73 Å². The van der Waals surface area contributed by atoms with E-state index in [4.69, 9.17) is 4.74 Å². The minimum atomic E-state index is 0.905. The number of ether oxygens (including phenoxy) is 1. The maximum Gasteiger partial charge on any atom is 0.118 e. The maximum absolute atomic E-state index is 5.12. The van der Waals surface area contributed by atoms with Gasteiger partial charge in [0.15, 0.2) is 0 Å². The van der Waals surface area contributed by atoms with Crippen molar-refractivity contribution in [1.29, 1.82) is 0 Å². The number of hydrogen-bond donors (Lipinski definition) is 0. The fraction of sp³-hybridized carbons (Fsp3) is 0.400. The Morgan fingerprint density at radius 1 is 1.06 bits per heavy atom. The van der Waals surface area contributed by atoms with Gasteiger partial charge in [0, 0.05) is 0 Å². The minimum absolute atomic E-state index is 0.905. The van der Waals surface area contributed by atoms with Gasteiger partial charge in [-0.05, 0) is 55.0 Å². The van der Waals surface area contributed by atoms with Gasteiger partial charge in [-0.3, -0.25) is 0 Å². The van der Waals surface area contributed by atoms with Crippen LogP contribution < -0.4 is 4.74 Å². The fourth-order valence-electron chi connectivity index (χ4n) is 2.01. The molecule has 0 unspecified atom stereocenters. The summed E-state index contributed by atoms with van der Waals surface area (Å²) in [6, 6.07) is 8.10. The standard InChI is InChI=1S/C15H18O/c1-16-15-11-9-14(10-12-15)8-7-13-5-3-2-4-6-13/h8-12H,2-6H2,1H3. The van der Waals surface area contributed by atoms with E-state index in [-0.39, 0.29) is 0 Å². The SMILES string of the molecule is COc1ccc(C=C=C2CCCCC2)cc1. The van der Waals surface area contributed by atoms with Crippen molar-refractivity contribution in [3.63, 3.8) is 0 Å². The van der Waals surface area contributed by atoms with Gasteiger partial charge in [0.25, 0.3) is 0 Å². The first-order valence-electron chi connectivity index (χ1n) is 5.97. The maximum atomic E-state index is 5.12. The summed E-state index contributed by atoms with van der Waals surface area (Å²) in [5.74, 6) is 0.905. The first-order valence-corrected chi connectivity index (χ1v) is 5.97. The predicted molar refractivity (Wildman–Crippen MR) is 67.6 cm³/mol. The molecule has 0 aliphatic heterocycles. The van der Waals surface area contributed by atoms with Gasteiger partial charge in [0.05, 0.1) is 7.11 Å². The third-order valence-electron chi connectivity index (χ3n) is 3.02. The Labute approximate surface area is 97.4 Å². The smallest absolute Gasteiger partial charge is 0.118 e. The first-order chi connectivity index (χ1) is 7.88. The zero-order chi connectivity index (χ0) is 11.2. The van der Waals surface area contributed by atoms with Crippen molar-refractivity contribution in [2.24, 2.45) is 0 Å². The van der Waals surface area contributed by atoms with E-state index < -0.39 is 0 Å². The van der Waals surface area contributed by atoms with E-state index in [1.54, 1.807) is 7.11 Å². The highest BCUT2D eigenvalue weighted by Gasteiger charge is 2.03. The summed E-state index contributed by atoms with van der Waals surface area (Å²) in [5, 5.41) is 0. The minimum Gasteiger partial charge on any atom is -0.497 e. The van der Waals surface area contributed by atoms with Crippen LogP contribution in [0.15, 0.2) is 35.6 Å². The van der Waals surface area contributed by atoms with Gasteiger partial charge >= 0.3 is 0 Å². The monoisotopic (exact) mass is 214 g/mol. The molecule has 0 bridgehead atoms. The lowest BCUT2D eigenvalue weighted by Crippen LogP contribution is -1.91. The molecular weight excluding hydrogens is 196 g/mol. The predicted octanol–water partition coefficient (Wildman–Crippen LogP) is 4.20. The zero-order valence-corrected chi connectivity index (χ0v) is 9.83. The lowest BCUT2D eigenvalue weighted by atomic mass is 9.95. The Morgan fingerprint density at radius 3 is 2.38 bits per heavy atom. The van der Waals surface area contributed by atoms with Gasteiger partial charge in [-0.25, -0.2) is 0 Å². The number of hydrogen-bond acceptors (Lipinski definition) is 1. The van der Waals surface area contributed by atoms with Crippen LogP contribution in [0, 0.1) is 0 Å². The van der Waals surface area contributed by atoms with Crippen LogP contribution in [-0.4, -0.2) is 7.11 Å². The summed E-state index contributed by atoms with van der Waals surface area (Å²) < 4.78 is 5.12. The van der Waals surface area contributed by atoms with Crippen molar-refractivity contribution >= 4 is 6.08 Å². The molecule has 0 spiro atoms. The summed E-state index contributed by atoms with van der Waals surface area (Å²) >= 11 is 0. The quantitative estimate of drug-likeness (QED) is 0.670. The Bertz CT molecular complexity index is 386. The van der Waals surface area contributed by atoms with Crippen molar-refractivity contribution < 1.29 is 4.74 Å². The molecule has 0 radical (unpaired) electrons. The Hall–Kier alpha value is -1.46. The van der Waals surface area contributed by atoms with Crippen LogP contribution >= 0.6 is 0 Å². The number of rotatable bonds is 2. The van der Waals surface area contributed by atoms with Crippen LogP contribution in [0.1, 0.15) is 37.7 Å². The molecule has 84 valence electrons. The topological polar surface area (TPSA) is 9.23 Å². The van der Waals surface area contributed by atoms with Crippen molar-refractivity contribution in [3.8, 4) is 5.75 Å². The van der Waals surface area contributed by atoms with Gasteiger partial charge in [0.2, 0.25) is 0 Å². The van der Waals surface area contributed by atoms with E-state index in [1.807, 2.05) is 12.1 Å². The van der Waals surface area contributed by atoms with Gasteiger partial charge < -0.3 is 4.74 Å². The summed E-state index contributed by atoms with van der Waals surface area (Å²) in [5.41, 5.74) is 6.09. The van der Waals surface area contributed by atoms with E-state index in [0.29, 0.717) is 0 Å². The van der Waals surface area contributed by atoms with Crippen molar-refractivity contribution in [2.45, 2.75) is 32.1 Å². The molecule has 1 heteroatoms. The van der Waals surface area contributed by atoms with E-state index in [1.165, 1.54) is 43.2 Å². The van der Waals surface area contributed by atoms with Crippen molar-refractivity contribution in [3.05, 3.63) is 41.1 Å². The summed E-state index contributed by atoms with van der Waals surface area (Å²) in [4.78, 5) is 0. The van der Waals surface area contributed by atoms with Crippen LogP contribution in [0.3, 0.4) is 0 Å². The van der Waals surface area contributed by atoms with Gasteiger partial charge in [-0.1, -0.05) is 18.6 Å². The first kappa shape index (κ1) is 11.0. The summed E-state index contributed by atoms with van der Waals surface area (Å²) in [6.07, 6.45) is 8.59. The number of methoxy groups -OCH3 is 1. The second-order valence-corrected chi connectivity index (χ2v) is 4.23. The summed E-state index contributed by atoms with van der Waals surface area (Å²) in [6.45, 7) is 0. The van der Waals surface area contributed by atoms with Crippen molar-refractivity contribution in [2.75, 3.05) is 7.11 Å². The third-order valence-corrected chi connectivity index (χ3v) is 3.02. The average Bonchev–Trinajstić information content (AvgIpc) is 2.38. The van der Waals surface area contributed by atoms with Crippen molar-refractivity contribution in [1.82, 2.24) is 0 Å². The van der Waals surface area contributed by atoms with Crippen LogP contribution in [-0.2, 0) is 0 Å². The molecule has 1 aromatic rings. The zero-order valence-electron chi connectivity index (χ0n) is 9.83. The highest BCUT2D eigenvalue weighted by Crippen LogP contribution is 2.22. The highest BCUT2D eigenvalue weighted by atomic mass is 16.5. The lowest BCUT2D eigenvalue weighted by molar-refractivity contribution is 0.415. The van der Waals surface area contributed by atoms with Crippen LogP contribution in [0.5, 0.6) is 5.75 Å². The summed E-state index contributed by atoms with van der Waals surface area (Å²) in [7, 11) is 1.69. The fourth-order valence-corrected chi connectivity index (χ4v) is 2.01. The highest BCUT2D eigenvalue weighted by molar-refractivity contribution is 5.50. The molecule has 0 aromatic heterocycles. The second kappa shape index (κ2) is 5.58. The molecule has 0 heterocycles. The van der Waals surface area contributed by atoms with Gasteiger partial charge in [-0.2, -0.15) is 0 Å². The molecule has 1 fully saturated rings. The molecule has 1 nitrogen and oxygen atoms in total. The Kier molecular flexibility index (Phi) is 3.85. The molecule has 1 aromatic carbocycles. The molecule has 16 heavy (non-hydrogen) atoms. The molecule has 0 saturated heterocycles. The largest absolute Gasteiger partial charge is 0.497 e.